The first-order valence-electron chi connectivity index (χ1n) is 14.7. The van der Waals surface area contributed by atoms with Crippen molar-refractivity contribution in [1.29, 1.82) is 0 Å². The molecule has 4 heterocycles. The van der Waals surface area contributed by atoms with Gasteiger partial charge in [-0.3, -0.25) is 4.79 Å². The Morgan fingerprint density at radius 2 is 2.09 bits per heavy atom. The molecule has 3 heteroatoms. The first-order chi connectivity index (χ1) is 16.5. The number of hydrogen-bond acceptors (Lipinski definition) is 2. The predicted octanol–water partition coefficient (Wildman–Crippen LogP) is 2.66. The number of piperidine rings is 3. The Balaban J connectivity index is 1.83. The fourth-order valence-electron chi connectivity index (χ4n) is 3.32. The fourth-order valence-corrected chi connectivity index (χ4v) is 3.32. The average Bonchev–Trinajstić information content (AvgIpc) is 2.72. The molecule has 1 aromatic carbocycles. The van der Waals surface area contributed by atoms with E-state index in [2.05, 4.69) is 0 Å². The summed E-state index contributed by atoms with van der Waals surface area (Å²) in [5, 5.41) is 0. The molecule has 1 aliphatic carbocycles. The molecular formula is C19H24N2O. The maximum absolute atomic E-state index is 13.9. The minimum atomic E-state index is -3.66. The number of carbonyl (C=O) groups is 1. The Bertz CT molecular complexity index is 1180. The van der Waals surface area contributed by atoms with Gasteiger partial charge in [-0.1, -0.05) is 12.1 Å². The van der Waals surface area contributed by atoms with E-state index >= 15 is 0 Å². The van der Waals surface area contributed by atoms with Crippen LogP contribution < -0.4 is 0 Å². The summed E-state index contributed by atoms with van der Waals surface area (Å²) in [4.78, 5) is 13.9. The van der Waals surface area contributed by atoms with E-state index < -0.39 is 68.9 Å². The zero-order valence-corrected chi connectivity index (χ0v) is 11.6. The van der Waals surface area contributed by atoms with Crippen LogP contribution in [0, 0.1) is 5.89 Å². The van der Waals surface area contributed by atoms with E-state index in [0.29, 0.717) is 0 Å². The van der Waals surface area contributed by atoms with Gasteiger partial charge in [0, 0.05) is 48.3 Å². The van der Waals surface area contributed by atoms with Crippen LogP contribution in [0.5, 0.6) is 0 Å². The number of amides is 1. The lowest BCUT2D eigenvalue weighted by molar-refractivity contribution is 0.00258. The van der Waals surface area contributed by atoms with Gasteiger partial charge in [0.1, 0.15) is 0 Å². The van der Waals surface area contributed by atoms with E-state index in [-0.39, 0.29) is 39.3 Å². The highest BCUT2D eigenvalue weighted by molar-refractivity contribution is 5.97. The third-order valence-electron chi connectivity index (χ3n) is 4.33. The van der Waals surface area contributed by atoms with Gasteiger partial charge in [0.15, 0.2) is 0 Å². The number of carbonyl (C=O) groups excluding carboxylic acids is 1. The highest BCUT2D eigenvalue weighted by Gasteiger charge is 2.43. The number of benzene rings is 1. The Hall–Kier alpha value is -1.35. The molecule has 116 valence electrons. The van der Waals surface area contributed by atoms with Gasteiger partial charge < -0.3 is 9.80 Å². The van der Waals surface area contributed by atoms with E-state index in [1.54, 1.807) is 0 Å². The van der Waals surface area contributed by atoms with Gasteiger partial charge in [0.2, 0.25) is 0 Å². The van der Waals surface area contributed by atoms with Crippen LogP contribution in [-0.4, -0.2) is 47.7 Å². The van der Waals surface area contributed by atoms with Gasteiger partial charge in [0.25, 0.3) is 5.91 Å². The van der Waals surface area contributed by atoms with Crippen LogP contribution >= 0.6 is 0 Å². The van der Waals surface area contributed by atoms with Gasteiger partial charge in [-0.2, -0.15) is 0 Å². The molecule has 0 unspecified atom stereocenters. The van der Waals surface area contributed by atoms with Crippen LogP contribution in [-0.2, 0) is 6.37 Å². The highest BCUT2D eigenvalue weighted by Crippen LogP contribution is 2.41. The van der Waals surface area contributed by atoms with Crippen molar-refractivity contribution in [2.24, 2.45) is 5.89 Å². The van der Waals surface area contributed by atoms with Crippen molar-refractivity contribution >= 4 is 5.91 Å². The highest BCUT2D eigenvalue weighted by atomic mass is 16.2. The molecule has 3 fully saturated rings. The first-order valence-corrected chi connectivity index (χ1v) is 7.24. The molecule has 0 radical (unpaired) electrons. The third-order valence-corrected chi connectivity index (χ3v) is 4.33. The maximum Gasteiger partial charge on any atom is 0.254 e. The van der Waals surface area contributed by atoms with Crippen molar-refractivity contribution in [3.63, 3.8) is 0 Å². The van der Waals surface area contributed by atoms with Gasteiger partial charge in [-0.05, 0) is 68.0 Å². The number of fused-ring (bicyclic) bond motifs is 3. The first kappa shape index (κ1) is 5.07. The summed E-state index contributed by atoms with van der Waals surface area (Å²) in [7, 11) is 0. The summed E-state index contributed by atoms with van der Waals surface area (Å²) in [5.41, 5.74) is -0.0549. The molecule has 3 nitrogen and oxygen atoms in total. The number of nitrogens with zero attached hydrogens (tertiary/aromatic N) is 2. The van der Waals surface area contributed by atoms with Crippen molar-refractivity contribution in [3.05, 3.63) is 34.9 Å². The van der Waals surface area contributed by atoms with Crippen LogP contribution in [0.25, 0.3) is 0 Å². The summed E-state index contributed by atoms with van der Waals surface area (Å²) in [6.45, 7) is -13.4. The molecule has 4 aliphatic heterocycles. The number of aryl methyl sites for hydroxylation is 1. The minimum Gasteiger partial charge on any atom is -0.333 e. The summed E-state index contributed by atoms with van der Waals surface area (Å²) in [6.07, 6.45) is -9.41. The summed E-state index contributed by atoms with van der Waals surface area (Å²) >= 11 is 0. The Morgan fingerprint density at radius 3 is 2.95 bits per heavy atom. The van der Waals surface area contributed by atoms with Gasteiger partial charge in [0.05, 0.1) is 2.74 Å². The second-order valence-electron chi connectivity index (χ2n) is 5.59. The van der Waals surface area contributed by atoms with E-state index in [4.69, 9.17) is 20.6 Å². The largest absolute Gasteiger partial charge is 0.333 e. The van der Waals surface area contributed by atoms with E-state index in [9.17, 15) is 4.79 Å². The smallest absolute Gasteiger partial charge is 0.254 e. The molecular weight excluding hydrogens is 272 g/mol. The zero-order chi connectivity index (χ0) is 28.2. The molecule has 1 aromatic rings. The lowest BCUT2D eigenvalue weighted by Crippen LogP contribution is -2.60. The quantitative estimate of drug-likeness (QED) is 0.796. The zero-order valence-electron chi connectivity index (χ0n) is 26.6. The molecule has 2 atom stereocenters. The second-order valence-corrected chi connectivity index (χ2v) is 5.59. The Labute approximate surface area is 153 Å². The predicted molar refractivity (Wildman–Crippen MR) is 86.1 cm³/mol. The van der Waals surface area contributed by atoms with Crippen molar-refractivity contribution in [2.75, 3.05) is 26.0 Å². The summed E-state index contributed by atoms with van der Waals surface area (Å²) < 4.78 is 128. The molecule has 3 saturated heterocycles. The normalized spacial score (nSPS) is 65.8. The lowest BCUT2D eigenvalue weighted by Gasteiger charge is -2.51. The maximum atomic E-state index is 13.9. The molecule has 5 aliphatic rings. The van der Waals surface area contributed by atoms with Crippen LogP contribution in [0.3, 0.4) is 0 Å². The Morgan fingerprint density at radius 1 is 1.23 bits per heavy atom. The van der Waals surface area contributed by atoms with Crippen molar-refractivity contribution in [1.82, 2.24) is 9.80 Å². The van der Waals surface area contributed by atoms with E-state index in [1.807, 2.05) is 0 Å². The van der Waals surface area contributed by atoms with Crippen molar-refractivity contribution < 1.29 is 25.4 Å². The molecule has 1 amide bonds. The number of rotatable bonds is 1. The fraction of sp³-hybridized carbons (Fsp3) is 0.632. The van der Waals surface area contributed by atoms with Crippen molar-refractivity contribution in [3.8, 4) is 0 Å². The number of hydrogen-bond donors (Lipinski definition) is 0. The van der Waals surface area contributed by atoms with E-state index in [1.165, 1.54) is 18.2 Å². The topological polar surface area (TPSA) is 23.6 Å². The molecule has 0 saturated carbocycles. The molecule has 0 aromatic heterocycles. The minimum absolute atomic E-state index is 0.0718. The van der Waals surface area contributed by atoms with E-state index in [0.717, 1.165) is 0 Å². The standard InChI is InChI=1S/C19H24N2O/c22-19-16-6-2-4-14-3-1-5-15(18(14)16)11-21(19)17-12-20-9-7-13(17)8-10-20/h2,4,6,13,15,17H,1,3,5,7-12H2/t15-,17-/m1/s1/i3D2,7D2,8D2,9D2,10D2,11D2,12D2,13D. The molecule has 0 N–H and O–H groups in total. The molecule has 22 heavy (non-hydrogen) atoms. The monoisotopic (exact) mass is 311 g/mol. The lowest BCUT2D eigenvalue weighted by atomic mass is 9.75. The average molecular weight is 312 g/mol. The SMILES string of the molecule is [2H]C1([2H])CC[C@H]2c3c(cccc31)C(=O)N([C@@H]1C([2H])([2H])N3C([2H])([2H])C([2H])([2H])C1([2H])C([2H])([2H])C3([2H])[2H])C2([2H])[2H]. The van der Waals surface area contributed by atoms with Gasteiger partial charge >= 0.3 is 0 Å². The van der Waals surface area contributed by atoms with Gasteiger partial charge in [-0.15, -0.1) is 0 Å². The van der Waals surface area contributed by atoms with Gasteiger partial charge in [-0.25, -0.2) is 0 Å². The molecule has 0 spiro atoms. The summed E-state index contributed by atoms with van der Waals surface area (Å²) in [6, 6.07) is 1.43. The second kappa shape index (κ2) is 4.82. The molecule has 2 bridgehead atoms. The summed E-state index contributed by atoms with van der Waals surface area (Å²) in [5.74, 6) is -6.13. The van der Waals surface area contributed by atoms with Crippen LogP contribution in [0.1, 0.15) is 73.6 Å². The van der Waals surface area contributed by atoms with Crippen LogP contribution in [0.15, 0.2) is 18.2 Å². The Kier molecular flexibility index (Phi) is 1.11. The van der Waals surface area contributed by atoms with Crippen molar-refractivity contribution in [2.45, 2.75) is 43.9 Å². The van der Waals surface area contributed by atoms with Crippen LogP contribution in [0.2, 0.25) is 0 Å². The molecule has 6 rings (SSSR count). The van der Waals surface area contributed by atoms with Crippen LogP contribution in [0.4, 0.5) is 0 Å². The third kappa shape index (κ3) is 1.81.